The molecular formula is C31H33N5O3. The van der Waals surface area contributed by atoms with E-state index in [4.69, 9.17) is 4.74 Å². The first-order chi connectivity index (χ1) is 18.9. The molecule has 1 aromatic heterocycles. The highest BCUT2D eigenvalue weighted by Gasteiger charge is 2.38. The molecule has 8 heteroatoms. The second-order valence-electron chi connectivity index (χ2n) is 10.3. The van der Waals surface area contributed by atoms with Crippen LogP contribution in [0.25, 0.3) is 10.8 Å². The van der Waals surface area contributed by atoms with Crippen LogP contribution >= 0.6 is 0 Å². The number of anilines is 1. The maximum absolute atomic E-state index is 13.5. The smallest absolute Gasteiger partial charge is 0.263 e. The van der Waals surface area contributed by atoms with Crippen LogP contribution in [0, 0.1) is 13.8 Å². The average Bonchev–Trinajstić information content (AvgIpc) is 3.41. The van der Waals surface area contributed by atoms with Gasteiger partial charge in [0.2, 0.25) is 0 Å². The molecular weight excluding hydrogens is 490 g/mol. The van der Waals surface area contributed by atoms with Gasteiger partial charge in [0.05, 0.1) is 36.2 Å². The summed E-state index contributed by atoms with van der Waals surface area (Å²) in [6.45, 7) is 8.88. The zero-order chi connectivity index (χ0) is 27.1. The van der Waals surface area contributed by atoms with Crippen molar-refractivity contribution in [3.8, 4) is 5.75 Å². The van der Waals surface area contributed by atoms with Crippen LogP contribution in [0.1, 0.15) is 37.7 Å². The highest BCUT2D eigenvalue weighted by molar-refractivity contribution is 6.23. The first-order valence-corrected chi connectivity index (χ1v) is 13.5. The molecule has 0 atom stereocenters. The molecule has 6 rings (SSSR count). The number of rotatable bonds is 7. The largest absolute Gasteiger partial charge is 0.496 e. The third-order valence-corrected chi connectivity index (χ3v) is 7.92. The molecule has 0 spiro atoms. The number of fused-ring (bicyclic) bond motifs is 2. The van der Waals surface area contributed by atoms with Gasteiger partial charge in [0.1, 0.15) is 5.75 Å². The van der Waals surface area contributed by atoms with Crippen molar-refractivity contribution >= 4 is 28.3 Å². The van der Waals surface area contributed by atoms with Gasteiger partial charge in [0.15, 0.2) is 0 Å². The Kier molecular flexibility index (Phi) is 6.56. The van der Waals surface area contributed by atoms with E-state index in [-0.39, 0.29) is 11.8 Å². The van der Waals surface area contributed by atoms with Gasteiger partial charge in [0.25, 0.3) is 11.8 Å². The summed E-state index contributed by atoms with van der Waals surface area (Å²) in [6.07, 6.45) is 0. The number of aromatic nitrogens is 2. The van der Waals surface area contributed by atoms with Crippen LogP contribution in [0.5, 0.6) is 5.75 Å². The minimum atomic E-state index is -0.219. The number of benzene rings is 3. The summed E-state index contributed by atoms with van der Waals surface area (Å²) in [7, 11) is 1.71. The Morgan fingerprint density at radius 3 is 2.33 bits per heavy atom. The fraction of sp³-hybridized carbons (Fsp3) is 0.323. The van der Waals surface area contributed by atoms with Crippen molar-refractivity contribution in [1.82, 2.24) is 19.6 Å². The van der Waals surface area contributed by atoms with Crippen molar-refractivity contribution in [2.24, 2.45) is 0 Å². The Bertz CT molecular complexity index is 1570. The lowest BCUT2D eigenvalue weighted by molar-refractivity contribution is 0.0647. The molecule has 0 N–H and O–H groups in total. The summed E-state index contributed by atoms with van der Waals surface area (Å²) in [6, 6.07) is 20.2. The lowest BCUT2D eigenvalue weighted by Crippen LogP contribution is -2.46. The lowest BCUT2D eigenvalue weighted by Gasteiger charge is -2.37. The third kappa shape index (κ3) is 4.55. The molecule has 3 heterocycles. The van der Waals surface area contributed by atoms with Gasteiger partial charge in [-0.1, -0.05) is 36.4 Å². The van der Waals surface area contributed by atoms with Gasteiger partial charge in [0, 0.05) is 50.3 Å². The SMILES string of the molecule is COc1ccc(CN2CCN(c3cccc4c3C(=O)N(CCn3nc(C)cc3C)C4=O)CC2)c2ccccc12. The number of nitrogens with zero attached hydrogens (tertiary/aromatic N) is 5. The topological polar surface area (TPSA) is 70.9 Å². The van der Waals surface area contributed by atoms with Gasteiger partial charge in [-0.25, -0.2) is 0 Å². The van der Waals surface area contributed by atoms with Crippen molar-refractivity contribution in [2.45, 2.75) is 26.9 Å². The molecule has 0 aliphatic carbocycles. The van der Waals surface area contributed by atoms with Crippen LogP contribution in [-0.4, -0.2) is 71.2 Å². The van der Waals surface area contributed by atoms with E-state index in [1.54, 1.807) is 13.2 Å². The Morgan fingerprint density at radius 1 is 0.846 bits per heavy atom. The first kappa shape index (κ1) is 25.1. The molecule has 0 unspecified atom stereocenters. The molecule has 3 aromatic carbocycles. The predicted octanol–water partition coefficient (Wildman–Crippen LogP) is 4.28. The van der Waals surface area contributed by atoms with E-state index in [0.717, 1.165) is 60.9 Å². The number of methoxy groups -OCH3 is 1. The minimum Gasteiger partial charge on any atom is -0.496 e. The number of carbonyl (C=O) groups is 2. The van der Waals surface area contributed by atoms with E-state index < -0.39 is 0 Å². The number of carbonyl (C=O) groups excluding carboxylic acids is 2. The van der Waals surface area contributed by atoms with Crippen LogP contribution in [0.3, 0.4) is 0 Å². The highest BCUT2D eigenvalue weighted by Crippen LogP contribution is 2.33. The molecule has 0 radical (unpaired) electrons. The molecule has 8 nitrogen and oxygen atoms in total. The van der Waals surface area contributed by atoms with Gasteiger partial charge in [-0.05, 0) is 49.1 Å². The van der Waals surface area contributed by atoms with E-state index in [1.807, 2.05) is 48.9 Å². The molecule has 200 valence electrons. The van der Waals surface area contributed by atoms with E-state index in [0.29, 0.717) is 24.2 Å². The quantitative estimate of drug-likeness (QED) is 0.337. The summed E-state index contributed by atoms with van der Waals surface area (Å²) in [4.78, 5) is 32.8. The number of amides is 2. The normalized spacial score (nSPS) is 15.9. The molecule has 0 bridgehead atoms. The average molecular weight is 524 g/mol. The van der Waals surface area contributed by atoms with Crippen LogP contribution in [0.15, 0.2) is 60.7 Å². The highest BCUT2D eigenvalue weighted by atomic mass is 16.5. The number of imide groups is 1. The zero-order valence-electron chi connectivity index (χ0n) is 22.7. The number of ether oxygens (including phenoxy) is 1. The van der Waals surface area contributed by atoms with Gasteiger partial charge in [-0.15, -0.1) is 0 Å². The minimum absolute atomic E-state index is 0.209. The molecule has 39 heavy (non-hydrogen) atoms. The molecule has 1 saturated heterocycles. The Balaban J connectivity index is 1.15. The molecule has 2 aliphatic rings. The van der Waals surface area contributed by atoms with Crippen LogP contribution in [-0.2, 0) is 13.1 Å². The van der Waals surface area contributed by atoms with E-state index in [9.17, 15) is 9.59 Å². The maximum atomic E-state index is 13.5. The summed E-state index contributed by atoms with van der Waals surface area (Å²) in [5.41, 5.74) is 5.11. The second kappa shape index (κ2) is 10.2. The second-order valence-corrected chi connectivity index (χ2v) is 10.3. The third-order valence-electron chi connectivity index (χ3n) is 7.92. The van der Waals surface area contributed by atoms with Gasteiger partial charge >= 0.3 is 0 Å². The van der Waals surface area contributed by atoms with Crippen molar-refractivity contribution < 1.29 is 14.3 Å². The Hall–Kier alpha value is -4.17. The summed E-state index contributed by atoms with van der Waals surface area (Å²) in [5, 5.41) is 6.81. The van der Waals surface area contributed by atoms with Gasteiger partial charge < -0.3 is 9.64 Å². The standard InChI is InChI=1S/C31H33N5O3/c1-21-19-22(2)36(32-21)18-17-35-30(37)26-9-6-10-27(29(26)31(35)38)34-15-13-33(14-16-34)20-23-11-12-28(39-3)25-8-5-4-7-24(23)25/h4-12,19H,13-18,20H2,1-3H3. The monoisotopic (exact) mass is 523 g/mol. The lowest BCUT2D eigenvalue weighted by atomic mass is 10.0. The predicted molar refractivity (Wildman–Crippen MR) is 151 cm³/mol. The van der Waals surface area contributed by atoms with Crippen LogP contribution in [0.4, 0.5) is 5.69 Å². The van der Waals surface area contributed by atoms with E-state index in [1.165, 1.54) is 15.8 Å². The number of hydrogen-bond donors (Lipinski definition) is 0. The molecule has 2 aliphatic heterocycles. The molecule has 2 amide bonds. The summed E-state index contributed by atoms with van der Waals surface area (Å²) < 4.78 is 7.41. The fourth-order valence-corrected chi connectivity index (χ4v) is 5.92. The summed E-state index contributed by atoms with van der Waals surface area (Å²) in [5.74, 6) is 0.461. The Labute approximate surface area is 228 Å². The van der Waals surface area contributed by atoms with Crippen molar-refractivity contribution in [2.75, 3.05) is 44.7 Å². The van der Waals surface area contributed by atoms with Crippen molar-refractivity contribution in [3.05, 3.63) is 88.7 Å². The number of hydrogen-bond acceptors (Lipinski definition) is 6. The van der Waals surface area contributed by atoms with Crippen LogP contribution < -0.4 is 9.64 Å². The first-order valence-electron chi connectivity index (χ1n) is 13.5. The molecule has 0 saturated carbocycles. The van der Waals surface area contributed by atoms with Gasteiger partial charge in [-0.2, -0.15) is 5.10 Å². The number of aryl methyl sites for hydroxylation is 2. The van der Waals surface area contributed by atoms with Crippen molar-refractivity contribution in [1.29, 1.82) is 0 Å². The Morgan fingerprint density at radius 2 is 1.62 bits per heavy atom. The number of piperazine rings is 1. The van der Waals surface area contributed by atoms with E-state index >= 15 is 0 Å². The zero-order valence-corrected chi connectivity index (χ0v) is 22.7. The van der Waals surface area contributed by atoms with E-state index in [2.05, 4.69) is 39.2 Å². The molecule has 1 fully saturated rings. The van der Waals surface area contributed by atoms with Crippen LogP contribution in [0.2, 0.25) is 0 Å². The fourth-order valence-electron chi connectivity index (χ4n) is 5.92. The summed E-state index contributed by atoms with van der Waals surface area (Å²) >= 11 is 0. The van der Waals surface area contributed by atoms with Crippen molar-refractivity contribution in [3.63, 3.8) is 0 Å². The molecule has 4 aromatic rings. The maximum Gasteiger partial charge on any atom is 0.263 e. The van der Waals surface area contributed by atoms with Gasteiger partial charge in [-0.3, -0.25) is 24.1 Å².